The second-order valence-electron chi connectivity index (χ2n) is 5.84. The molecule has 136 valence electrons. The molecule has 0 aliphatic heterocycles. The highest BCUT2D eigenvalue weighted by Gasteiger charge is 2.31. The summed E-state index contributed by atoms with van der Waals surface area (Å²) in [6, 6.07) is 4.18. The predicted octanol–water partition coefficient (Wildman–Crippen LogP) is 4.22. The Labute approximate surface area is 151 Å². The number of nitrogens with one attached hydrogen (secondary N) is 1. The molecular formula is C17H14ClF3N4O. The van der Waals surface area contributed by atoms with Gasteiger partial charge >= 0.3 is 6.18 Å². The molecule has 2 heterocycles. The van der Waals surface area contributed by atoms with Crippen LogP contribution in [0.4, 0.5) is 13.2 Å². The monoisotopic (exact) mass is 382 g/mol. The van der Waals surface area contributed by atoms with Gasteiger partial charge < -0.3 is 4.98 Å². The van der Waals surface area contributed by atoms with Gasteiger partial charge in [0.1, 0.15) is 5.82 Å². The number of rotatable bonds is 3. The van der Waals surface area contributed by atoms with Crippen LogP contribution < -0.4 is 5.56 Å². The summed E-state index contributed by atoms with van der Waals surface area (Å²) < 4.78 is 39.9. The molecule has 9 heteroatoms. The van der Waals surface area contributed by atoms with Crippen molar-refractivity contribution in [2.75, 3.05) is 0 Å². The number of aryl methyl sites for hydroxylation is 1. The Hall–Kier alpha value is -2.61. The number of alkyl halides is 3. The molecule has 1 aromatic carbocycles. The van der Waals surface area contributed by atoms with Crippen molar-refractivity contribution in [2.24, 2.45) is 0 Å². The molecule has 0 aliphatic rings. The van der Waals surface area contributed by atoms with Gasteiger partial charge in [-0.3, -0.25) is 9.48 Å². The summed E-state index contributed by atoms with van der Waals surface area (Å²) in [5.74, 6) is 0.471. The van der Waals surface area contributed by atoms with E-state index in [2.05, 4.69) is 15.1 Å². The van der Waals surface area contributed by atoms with Crippen molar-refractivity contribution in [1.29, 1.82) is 0 Å². The molecule has 3 rings (SSSR count). The van der Waals surface area contributed by atoms with E-state index in [1.54, 1.807) is 24.7 Å². The maximum absolute atomic E-state index is 12.8. The molecular weight excluding hydrogens is 369 g/mol. The first-order valence-electron chi connectivity index (χ1n) is 7.64. The van der Waals surface area contributed by atoms with Gasteiger partial charge in [0.25, 0.3) is 5.56 Å². The van der Waals surface area contributed by atoms with Crippen LogP contribution in [0.25, 0.3) is 11.3 Å². The van der Waals surface area contributed by atoms with Gasteiger partial charge in [-0.05, 0) is 31.5 Å². The van der Waals surface area contributed by atoms with Crippen molar-refractivity contribution in [1.82, 2.24) is 19.7 Å². The van der Waals surface area contributed by atoms with E-state index in [0.717, 1.165) is 12.1 Å². The van der Waals surface area contributed by atoms with Gasteiger partial charge in [-0.15, -0.1) is 0 Å². The second kappa shape index (κ2) is 6.60. The molecule has 1 N–H and O–H groups in total. The van der Waals surface area contributed by atoms with Gasteiger partial charge in [0.2, 0.25) is 0 Å². The topological polar surface area (TPSA) is 63.6 Å². The highest BCUT2D eigenvalue weighted by atomic mass is 35.5. The molecule has 0 saturated heterocycles. The smallest absolute Gasteiger partial charge is 0.311 e. The van der Waals surface area contributed by atoms with Gasteiger partial charge in [-0.1, -0.05) is 17.7 Å². The minimum atomic E-state index is -4.45. The Kier molecular flexibility index (Phi) is 4.62. The summed E-state index contributed by atoms with van der Waals surface area (Å²) in [5.41, 5.74) is 0.503. The zero-order valence-corrected chi connectivity index (χ0v) is 14.6. The number of halogens is 4. The lowest BCUT2D eigenvalue weighted by Gasteiger charge is -2.16. The fourth-order valence-corrected chi connectivity index (χ4v) is 2.93. The Balaban J connectivity index is 1.93. The van der Waals surface area contributed by atoms with Crippen molar-refractivity contribution in [3.05, 3.63) is 69.0 Å². The minimum Gasteiger partial charge on any atom is -0.311 e. The molecule has 5 nitrogen and oxygen atoms in total. The van der Waals surface area contributed by atoms with E-state index >= 15 is 0 Å². The first-order chi connectivity index (χ1) is 12.1. The number of hydrogen-bond acceptors (Lipinski definition) is 3. The zero-order chi connectivity index (χ0) is 19.1. The first kappa shape index (κ1) is 18.2. The zero-order valence-electron chi connectivity index (χ0n) is 13.8. The van der Waals surface area contributed by atoms with Gasteiger partial charge in [-0.25, -0.2) is 4.98 Å². The largest absolute Gasteiger partial charge is 0.416 e. The van der Waals surface area contributed by atoms with E-state index in [-0.39, 0.29) is 10.6 Å². The van der Waals surface area contributed by atoms with Crippen LogP contribution in [0.3, 0.4) is 0 Å². The molecule has 26 heavy (non-hydrogen) atoms. The Bertz CT molecular complexity index is 1010. The second-order valence-corrected chi connectivity index (χ2v) is 6.24. The standard InChI is InChI=1S/C17H14ClF3N4O/c1-9(13-4-3-12(5-14(13)18)17(19,20)21)25-8-11(7-22-25)15-6-16(26)24-10(2)23-15/h3-9H,1-2H3,(H,23,24,26). The van der Waals surface area contributed by atoms with Crippen LogP contribution in [0.1, 0.15) is 29.9 Å². The van der Waals surface area contributed by atoms with Crippen LogP contribution in [-0.4, -0.2) is 19.7 Å². The normalized spacial score (nSPS) is 13.0. The van der Waals surface area contributed by atoms with Gasteiger partial charge in [0.05, 0.1) is 23.5 Å². The van der Waals surface area contributed by atoms with Crippen molar-refractivity contribution >= 4 is 11.6 Å². The number of aromatic amines is 1. The van der Waals surface area contributed by atoms with Crippen molar-refractivity contribution in [3.63, 3.8) is 0 Å². The van der Waals surface area contributed by atoms with Crippen LogP contribution in [0.5, 0.6) is 0 Å². The van der Waals surface area contributed by atoms with Crippen LogP contribution in [0, 0.1) is 6.92 Å². The van der Waals surface area contributed by atoms with E-state index in [9.17, 15) is 18.0 Å². The van der Waals surface area contributed by atoms with Crippen LogP contribution in [0.2, 0.25) is 5.02 Å². The maximum Gasteiger partial charge on any atom is 0.416 e. The third kappa shape index (κ3) is 3.65. The van der Waals surface area contributed by atoms with E-state index in [4.69, 9.17) is 11.6 Å². The molecule has 3 aromatic rings. The number of hydrogen-bond donors (Lipinski definition) is 1. The van der Waals surface area contributed by atoms with Crippen molar-refractivity contribution in [2.45, 2.75) is 26.1 Å². The fourth-order valence-electron chi connectivity index (χ4n) is 2.59. The van der Waals surface area contributed by atoms with E-state index < -0.39 is 17.8 Å². The quantitative estimate of drug-likeness (QED) is 0.737. The SMILES string of the molecule is Cc1nc(-c2cnn(C(C)c3ccc(C(F)(F)F)cc3Cl)c2)cc(=O)[nH]1. The lowest BCUT2D eigenvalue weighted by Crippen LogP contribution is -2.10. The lowest BCUT2D eigenvalue weighted by atomic mass is 10.1. The van der Waals surface area contributed by atoms with Gasteiger partial charge in [0.15, 0.2) is 0 Å². The van der Waals surface area contributed by atoms with E-state index in [1.807, 2.05) is 0 Å². The molecule has 0 bridgehead atoms. The Morgan fingerprint density at radius 1 is 1.27 bits per heavy atom. The molecule has 0 radical (unpaired) electrons. The lowest BCUT2D eigenvalue weighted by molar-refractivity contribution is -0.137. The third-order valence-corrected chi connectivity index (χ3v) is 4.26. The molecule has 2 aromatic heterocycles. The highest BCUT2D eigenvalue weighted by Crippen LogP contribution is 2.34. The molecule has 0 spiro atoms. The average Bonchev–Trinajstić information content (AvgIpc) is 3.02. The first-order valence-corrected chi connectivity index (χ1v) is 8.02. The fraction of sp³-hybridized carbons (Fsp3) is 0.235. The Morgan fingerprint density at radius 3 is 2.62 bits per heavy atom. The summed E-state index contributed by atoms with van der Waals surface area (Å²) >= 11 is 6.05. The highest BCUT2D eigenvalue weighted by molar-refractivity contribution is 6.31. The molecule has 1 unspecified atom stereocenters. The van der Waals surface area contributed by atoms with Crippen molar-refractivity contribution < 1.29 is 13.2 Å². The minimum absolute atomic E-state index is 0.00880. The summed E-state index contributed by atoms with van der Waals surface area (Å²) in [6.07, 6.45) is -1.25. The number of nitrogens with zero attached hydrogens (tertiary/aromatic N) is 3. The summed E-state index contributed by atoms with van der Waals surface area (Å²) in [6.45, 7) is 3.43. The summed E-state index contributed by atoms with van der Waals surface area (Å²) in [4.78, 5) is 18.4. The third-order valence-electron chi connectivity index (χ3n) is 3.93. The molecule has 0 amide bonds. The van der Waals surface area contributed by atoms with Crippen LogP contribution in [0.15, 0.2) is 41.5 Å². The number of H-pyrrole nitrogens is 1. The summed E-state index contributed by atoms with van der Waals surface area (Å²) in [7, 11) is 0. The molecule has 0 fully saturated rings. The molecule has 0 saturated carbocycles. The van der Waals surface area contributed by atoms with E-state index in [0.29, 0.717) is 22.6 Å². The molecule has 0 aliphatic carbocycles. The van der Waals surface area contributed by atoms with Gasteiger partial charge in [0, 0.05) is 22.8 Å². The number of aromatic nitrogens is 4. The van der Waals surface area contributed by atoms with E-state index in [1.165, 1.54) is 18.3 Å². The number of benzene rings is 1. The Morgan fingerprint density at radius 2 is 2.00 bits per heavy atom. The predicted molar refractivity (Wildman–Crippen MR) is 91.1 cm³/mol. The van der Waals surface area contributed by atoms with Crippen LogP contribution in [-0.2, 0) is 6.18 Å². The average molecular weight is 383 g/mol. The summed E-state index contributed by atoms with van der Waals surface area (Å²) in [5, 5.41) is 4.23. The maximum atomic E-state index is 12.8. The van der Waals surface area contributed by atoms with Gasteiger partial charge in [-0.2, -0.15) is 18.3 Å². The molecule has 1 atom stereocenters. The van der Waals surface area contributed by atoms with Crippen molar-refractivity contribution in [3.8, 4) is 11.3 Å². The van der Waals surface area contributed by atoms with Crippen LogP contribution >= 0.6 is 11.6 Å².